The minimum atomic E-state index is -1.01. The normalized spacial score (nSPS) is 11.2. The predicted octanol–water partition coefficient (Wildman–Crippen LogP) is 2.90. The molecule has 0 saturated heterocycles. The number of benzene rings is 2. The van der Waals surface area contributed by atoms with Gasteiger partial charge in [0.1, 0.15) is 17.2 Å². The van der Waals surface area contributed by atoms with Gasteiger partial charge in [-0.2, -0.15) is 0 Å². The molecule has 26 heavy (non-hydrogen) atoms. The van der Waals surface area contributed by atoms with Gasteiger partial charge in [-0.25, -0.2) is 4.79 Å². The van der Waals surface area contributed by atoms with Crippen LogP contribution >= 0.6 is 0 Å². The van der Waals surface area contributed by atoms with Gasteiger partial charge in [-0.15, -0.1) is 0 Å². The third-order valence-corrected chi connectivity index (χ3v) is 3.61. The summed E-state index contributed by atoms with van der Waals surface area (Å²) in [5.41, 5.74) is 0.712. The number of esters is 1. The Balaban J connectivity index is 2.07. The van der Waals surface area contributed by atoms with Crippen molar-refractivity contribution in [2.24, 2.45) is 0 Å². The van der Waals surface area contributed by atoms with Crippen LogP contribution < -0.4 is 19.5 Å². The Kier molecular flexibility index (Phi) is 6.43. The molecule has 0 unspecified atom stereocenters. The minimum Gasteiger partial charge on any atom is -0.497 e. The maximum Gasteiger partial charge on any atom is 0.339 e. The van der Waals surface area contributed by atoms with E-state index in [-0.39, 0.29) is 5.56 Å². The summed E-state index contributed by atoms with van der Waals surface area (Å²) in [5, 5.41) is 2.67. The van der Waals surface area contributed by atoms with Crippen LogP contribution in [-0.4, -0.2) is 39.3 Å². The Morgan fingerprint density at radius 2 is 1.54 bits per heavy atom. The van der Waals surface area contributed by atoms with Gasteiger partial charge in [0.2, 0.25) is 0 Å². The van der Waals surface area contributed by atoms with Gasteiger partial charge in [0, 0.05) is 6.07 Å². The van der Waals surface area contributed by atoms with E-state index in [1.807, 2.05) is 0 Å². The van der Waals surface area contributed by atoms with E-state index in [0.29, 0.717) is 22.9 Å². The molecule has 1 atom stereocenters. The Labute approximate surface area is 151 Å². The van der Waals surface area contributed by atoms with Crippen LogP contribution in [0.25, 0.3) is 0 Å². The molecule has 0 aliphatic carbocycles. The molecule has 138 valence electrons. The molecule has 1 amide bonds. The zero-order chi connectivity index (χ0) is 19.1. The molecule has 1 N–H and O–H groups in total. The van der Waals surface area contributed by atoms with Crippen molar-refractivity contribution in [3.05, 3.63) is 48.0 Å². The predicted molar refractivity (Wildman–Crippen MR) is 96.0 cm³/mol. The van der Waals surface area contributed by atoms with Gasteiger partial charge in [0.15, 0.2) is 6.10 Å². The fourth-order valence-electron chi connectivity index (χ4n) is 2.19. The summed E-state index contributed by atoms with van der Waals surface area (Å²) >= 11 is 0. The van der Waals surface area contributed by atoms with E-state index in [4.69, 9.17) is 18.9 Å². The summed E-state index contributed by atoms with van der Waals surface area (Å²) in [7, 11) is 4.46. The zero-order valence-corrected chi connectivity index (χ0v) is 15.1. The van der Waals surface area contributed by atoms with Gasteiger partial charge in [0.05, 0.1) is 32.6 Å². The molecule has 0 aliphatic rings. The van der Waals surface area contributed by atoms with Gasteiger partial charge < -0.3 is 24.3 Å². The second-order valence-electron chi connectivity index (χ2n) is 5.34. The molecular weight excluding hydrogens is 338 g/mol. The van der Waals surface area contributed by atoms with Crippen LogP contribution in [0.5, 0.6) is 17.2 Å². The number of methoxy groups -OCH3 is 3. The van der Waals surface area contributed by atoms with E-state index < -0.39 is 18.0 Å². The van der Waals surface area contributed by atoms with Crippen LogP contribution in [0.4, 0.5) is 5.69 Å². The van der Waals surface area contributed by atoms with Crippen LogP contribution in [0.3, 0.4) is 0 Å². The number of carbonyl (C=O) groups excluding carboxylic acids is 2. The molecule has 0 aliphatic heterocycles. The second-order valence-corrected chi connectivity index (χ2v) is 5.34. The van der Waals surface area contributed by atoms with Crippen molar-refractivity contribution in [2.75, 3.05) is 26.6 Å². The molecule has 0 spiro atoms. The standard InChI is InChI=1S/C19H21NO6/c1-12(18(21)20-16-7-5-6-8-17(16)25-4)26-19(22)13-9-14(23-2)11-15(10-13)24-3/h5-12H,1-4H3,(H,20,21)/t12-/m0/s1. The topological polar surface area (TPSA) is 83.1 Å². The second kappa shape index (κ2) is 8.75. The molecule has 0 radical (unpaired) electrons. The highest BCUT2D eigenvalue weighted by molar-refractivity contribution is 5.98. The Bertz CT molecular complexity index is 767. The number of ether oxygens (including phenoxy) is 4. The van der Waals surface area contributed by atoms with E-state index in [1.54, 1.807) is 30.3 Å². The smallest absolute Gasteiger partial charge is 0.339 e. The number of rotatable bonds is 7. The van der Waals surface area contributed by atoms with E-state index in [1.165, 1.54) is 40.4 Å². The average Bonchev–Trinajstić information content (AvgIpc) is 2.67. The van der Waals surface area contributed by atoms with Crippen LogP contribution in [0.1, 0.15) is 17.3 Å². The van der Waals surface area contributed by atoms with Gasteiger partial charge in [-0.1, -0.05) is 12.1 Å². The molecule has 0 bridgehead atoms. The number of amides is 1. The van der Waals surface area contributed by atoms with E-state index in [2.05, 4.69) is 5.32 Å². The third-order valence-electron chi connectivity index (χ3n) is 3.61. The van der Waals surface area contributed by atoms with Crippen molar-refractivity contribution in [1.82, 2.24) is 0 Å². The van der Waals surface area contributed by atoms with Gasteiger partial charge in [0.25, 0.3) is 5.91 Å². The number of para-hydroxylation sites is 2. The summed E-state index contributed by atoms with van der Waals surface area (Å²) in [6, 6.07) is 11.6. The number of carbonyl (C=O) groups is 2. The number of nitrogens with one attached hydrogen (secondary N) is 1. The third kappa shape index (κ3) is 4.66. The largest absolute Gasteiger partial charge is 0.497 e. The first-order valence-corrected chi connectivity index (χ1v) is 7.86. The monoisotopic (exact) mass is 359 g/mol. The fourth-order valence-corrected chi connectivity index (χ4v) is 2.19. The molecule has 0 aromatic heterocycles. The van der Waals surface area contributed by atoms with Gasteiger partial charge >= 0.3 is 5.97 Å². The Morgan fingerprint density at radius 3 is 2.12 bits per heavy atom. The fraction of sp³-hybridized carbons (Fsp3) is 0.263. The van der Waals surface area contributed by atoms with Crippen molar-refractivity contribution >= 4 is 17.6 Å². The van der Waals surface area contributed by atoms with E-state index >= 15 is 0 Å². The van der Waals surface area contributed by atoms with E-state index in [0.717, 1.165) is 0 Å². The average molecular weight is 359 g/mol. The van der Waals surface area contributed by atoms with Crippen LogP contribution in [0, 0.1) is 0 Å². The number of hydrogen-bond donors (Lipinski definition) is 1. The van der Waals surface area contributed by atoms with Crippen molar-refractivity contribution in [1.29, 1.82) is 0 Å². The number of anilines is 1. The van der Waals surface area contributed by atoms with Crippen LogP contribution in [-0.2, 0) is 9.53 Å². The molecule has 2 rings (SSSR count). The molecule has 0 saturated carbocycles. The lowest BCUT2D eigenvalue weighted by atomic mass is 10.2. The van der Waals surface area contributed by atoms with Gasteiger partial charge in [-0.05, 0) is 31.2 Å². The first-order chi connectivity index (χ1) is 12.5. The highest BCUT2D eigenvalue weighted by atomic mass is 16.5. The molecule has 0 fully saturated rings. The van der Waals surface area contributed by atoms with Crippen molar-refractivity contribution in [3.8, 4) is 17.2 Å². The molecule has 2 aromatic rings. The van der Waals surface area contributed by atoms with E-state index in [9.17, 15) is 9.59 Å². The Hall–Kier alpha value is -3.22. The summed E-state index contributed by atoms with van der Waals surface area (Å²) in [6.45, 7) is 1.49. The van der Waals surface area contributed by atoms with Crippen molar-refractivity contribution < 1.29 is 28.5 Å². The summed E-state index contributed by atoms with van der Waals surface area (Å²) in [4.78, 5) is 24.6. The highest BCUT2D eigenvalue weighted by Crippen LogP contribution is 2.25. The van der Waals surface area contributed by atoms with Gasteiger partial charge in [-0.3, -0.25) is 4.79 Å². The van der Waals surface area contributed by atoms with Crippen molar-refractivity contribution in [3.63, 3.8) is 0 Å². The SMILES string of the molecule is COc1cc(OC)cc(C(=O)O[C@@H](C)C(=O)Nc2ccccc2OC)c1. The Morgan fingerprint density at radius 1 is 0.923 bits per heavy atom. The maximum absolute atomic E-state index is 12.3. The molecule has 7 nitrogen and oxygen atoms in total. The lowest BCUT2D eigenvalue weighted by molar-refractivity contribution is -0.123. The van der Waals surface area contributed by atoms with Crippen LogP contribution in [0.15, 0.2) is 42.5 Å². The first-order valence-electron chi connectivity index (χ1n) is 7.86. The quantitative estimate of drug-likeness (QED) is 0.766. The lowest BCUT2D eigenvalue weighted by Gasteiger charge is -2.15. The molecule has 7 heteroatoms. The molecule has 0 heterocycles. The minimum absolute atomic E-state index is 0.221. The molecule has 2 aromatic carbocycles. The van der Waals surface area contributed by atoms with Crippen molar-refractivity contribution in [2.45, 2.75) is 13.0 Å². The van der Waals surface area contributed by atoms with Crippen LogP contribution in [0.2, 0.25) is 0 Å². The maximum atomic E-state index is 12.3. The summed E-state index contributed by atoms with van der Waals surface area (Å²) in [6.07, 6.45) is -1.01. The lowest BCUT2D eigenvalue weighted by Crippen LogP contribution is -2.30. The zero-order valence-electron chi connectivity index (χ0n) is 15.1. The molecular formula is C19H21NO6. The number of hydrogen-bond acceptors (Lipinski definition) is 6. The summed E-state index contributed by atoms with van der Waals surface area (Å²) in [5.74, 6) is 0.268. The summed E-state index contributed by atoms with van der Waals surface area (Å²) < 4.78 is 20.7. The highest BCUT2D eigenvalue weighted by Gasteiger charge is 2.21. The first kappa shape index (κ1) is 19.1.